The molecule has 94 valence electrons. The highest BCUT2D eigenvalue weighted by Gasteiger charge is 2.17. The van der Waals surface area contributed by atoms with Crippen LogP contribution in [-0.4, -0.2) is 0 Å². The quantitative estimate of drug-likeness (QED) is 0.680. The van der Waals surface area contributed by atoms with E-state index in [-0.39, 0.29) is 0 Å². The van der Waals surface area contributed by atoms with Gasteiger partial charge in [0.05, 0.1) is 0 Å². The van der Waals surface area contributed by atoms with E-state index < -0.39 is 0 Å². The lowest BCUT2D eigenvalue weighted by atomic mass is 9.80. The normalized spacial score (nSPS) is 24.9. The lowest BCUT2D eigenvalue weighted by molar-refractivity contribution is 0.278. The van der Waals surface area contributed by atoms with Crippen molar-refractivity contribution in [1.29, 1.82) is 0 Å². The second kappa shape index (κ2) is 5.71. The molecule has 1 saturated carbocycles. The average Bonchev–Trinajstić information content (AvgIpc) is 2.33. The minimum Gasteiger partial charge on any atom is -0.0625 e. The van der Waals surface area contributed by atoms with Crippen LogP contribution in [0, 0.1) is 25.7 Å². The molecule has 0 nitrogen and oxygen atoms in total. The van der Waals surface area contributed by atoms with Crippen LogP contribution in [0.4, 0.5) is 0 Å². The highest BCUT2D eigenvalue weighted by atomic mass is 14.2. The number of rotatable bonds is 3. The molecule has 0 atom stereocenters. The SMILES string of the molecule is Cc1ccc(CCC2CCC(C)CC2)cc1C. The molecule has 0 spiro atoms. The molecule has 1 aromatic rings. The highest BCUT2D eigenvalue weighted by Crippen LogP contribution is 2.31. The van der Waals surface area contributed by atoms with E-state index in [1.54, 1.807) is 0 Å². The van der Waals surface area contributed by atoms with Gasteiger partial charge >= 0.3 is 0 Å². The Hall–Kier alpha value is -0.780. The van der Waals surface area contributed by atoms with Crippen LogP contribution in [0.2, 0.25) is 0 Å². The molecule has 0 radical (unpaired) electrons. The second-order valence-corrected chi connectivity index (χ2v) is 6.08. The van der Waals surface area contributed by atoms with Crippen LogP contribution in [0.15, 0.2) is 18.2 Å². The van der Waals surface area contributed by atoms with Gasteiger partial charge in [0.2, 0.25) is 0 Å². The molecule has 0 saturated heterocycles. The predicted octanol–water partition coefficient (Wildman–Crippen LogP) is 5.06. The summed E-state index contributed by atoms with van der Waals surface area (Å²) in [4.78, 5) is 0. The van der Waals surface area contributed by atoms with Gasteiger partial charge in [0.1, 0.15) is 0 Å². The molecule has 0 unspecified atom stereocenters. The van der Waals surface area contributed by atoms with E-state index in [2.05, 4.69) is 39.0 Å². The Morgan fingerprint density at radius 3 is 2.35 bits per heavy atom. The van der Waals surface area contributed by atoms with Crippen molar-refractivity contribution in [3.8, 4) is 0 Å². The van der Waals surface area contributed by atoms with Crippen LogP contribution in [0.1, 0.15) is 55.7 Å². The molecule has 1 aromatic carbocycles. The van der Waals surface area contributed by atoms with Crippen molar-refractivity contribution in [3.63, 3.8) is 0 Å². The third-order valence-electron chi connectivity index (χ3n) is 4.55. The van der Waals surface area contributed by atoms with Crippen molar-refractivity contribution in [2.45, 2.75) is 59.3 Å². The Kier molecular flexibility index (Phi) is 4.25. The maximum absolute atomic E-state index is 2.40. The van der Waals surface area contributed by atoms with Gasteiger partial charge < -0.3 is 0 Å². The van der Waals surface area contributed by atoms with Gasteiger partial charge in [-0.1, -0.05) is 50.8 Å². The zero-order valence-corrected chi connectivity index (χ0v) is 11.6. The number of hydrogen-bond acceptors (Lipinski definition) is 0. The molecule has 17 heavy (non-hydrogen) atoms. The van der Waals surface area contributed by atoms with Gasteiger partial charge in [0, 0.05) is 0 Å². The van der Waals surface area contributed by atoms with Crippen LogP contribution in [0.3, 0.4) is 0 Å². The molecule has 0 aliphatic heterocycles. The van der Waals surface area contributed by atoms with E-state index in [0.717, 1.165) is 11.8 Å². The maximum atomic E-state index is 2.40. The first-order valence-corrected chi connectivity index (χ1v) is 7.21. The summed E-state index contributed by atoms with van der Waals surface area (Å²) in [6.07, 6.45) is 8.52. The Morgan fingerprint density at radius 1 is 1.00 bits per heavy atom. The monoisotopic (exact) mass is 230 g/mol. The lowest BCUT2D eigenvalue weighted by Crippen LogP contribution is -2.12. The summed E-state index contributed by atoms with van der Waals surface area (Å²) in [5.74, 6) is 1.97. The Morgan fingerprint density at radius 2 is 1.71 bits per heavy atom. The van der Waals surface area contributed by atoms with Crippen LogP contribution in [0.25, 0.3) is 0 Å². The zero-order chi connectivity index (χ0) is 12.3. The third-order valence-corrected chi connectivity index (χ3v) is 4.55. The van der Waals surface area contributed by atoms with Crippen molar-refractivity contribution < 1.29 is 0 Å². The fraction of sp³-hybridized carbons (Fsp3) is 0.647. The van der Waals surface area contributed by atoms with Gasteiger partial charge in [-0.2, -0.15) is 0 Å². The molecule has 0 heterocycles. The van der Waals surface area contributed by atoms with Crippen molar-refractivity contribution in [2.24, 2.45) is 11.8 Å². The number of aryl methyl sites for hydroxylation is 3. The van der Waals surface area contributed by atoms with Gasteiger partial charge in [-0.05, 0) is 55.2 Å². The number of hydrogen-bond donors (Lipinski definition) is 0. The average molecular weight is 230 g/mol. The van der Waals surface area contributed by atoms with Gasteiger partial charge in [-0.15, -0.1) is 0 Å². The lowest BCUT2D eigenvalue weighted by Gasteiger charge is -2.26. The van der Waals surface area contributed by atoms with E-state index in [1.165, 1.54) is 55.2 Å². The van der Waals surface area contributed by atoms with Gasteiger partial charge in [0.25, 0.3) is 0 Å². The van der Waals surface area contributed by atoms with Gasteiger partial charge in [-0.3, -0.25) is 0 Å². The van der Waals surface area contributed by atoms with E-state index in [9.17, 15) is 0 Å². The van der Waals surface area contributed by atoms with Crippen molar-refractivity contribution in [1.82, 2.24) is 0 Å². The fourth-order valence-electron chi connectivity index (χ4n) is 2.95. The molecule has 2 rings (SSSR count). The van der Waals surface area contributed by atoms with E-state index >= 15 is 0 Å². The second-order valence-electron chi connectivity index (χ2n) is 6.08. The summed E-state index contributed by atoms with van der Waals surface area (Å²) in [6, 6.07) is 6.96. The standard InChI is InChI=1S/C17H26/c1-13-4-7-16(8-5-13)10-11-17-9-6-14(2)15(3)12-17/h6,9,12-13,16H,4-5,7-8,10-11H2,1-3H3. The predicted molar refractivity (Wildman–Crippen MR) is 75.4 cm³/mol. The summed E-state index contributed by atoms with van der Waals surface area (Å²) >= 11 is 0. The summed E-state index contributed by atoms with van der Waals surface area (Å²) < 4.78 is 0. The molecule has 1 fully saturated rings. The van der Waals surface area contributed by atoms with Crippen LogP contribution in [0.5, 0.6) is 0 Å². The molecule has 0 N–H and O–H groups in total. The molecule has 0 amide bonds. The summed E-state index contributed by atoms with van der Waals surface area (Å²) in [5.41, 5.74) is 4.40. The fourth-order valence-corrected chi connectivity index (χ4v) is 2.95. The Labute approximate surface area is 106 Å². The third kappa shape index (κ3) is 3.59. The molecule has 0 heteroatoms. The first-order valence-electron chi connectivity index (χ1n) is 7.21. The Balaban J connectivity index is 1.83. The van der Waals surface area contributed by atoms with E-state index in [4.69, 9.17) is 0 Å². The van der Waals surface area contributed by atoms with Crippen LogP contribution >= 0.6 is 0 Å². The van der Waals surface area contributed by atoms with E-state index in [1.807, 2.05) is 0 Å². The first kappa shape index (κ1) is 12.7. The molecule has 0 bridgehead atoms. The van der Waals surface area contributed by atoms with Crippen LogP contribution in [-0.2, 0) is 6.42 Å². The zero-order valence-electron chi connectivity index (χ0n) is 11.6. The molecule has 1 aliphatic rings. The smallest absolute Gasteiger partial charge is 0.0276 e. The molecular formula is C17H26. The molecule has 0 aromatic heterocycles. The van der Waals surface area contributed by atoms with Crippen molar-refractivity contribution in [3.05, 3.63) is 34.9 Å². The van der Waals surface area contributed by atoms with Gasteiger partial charge in [-0.25, -0.2) is 0 Å². The minimum absolute atomic E-state index is 0.980. The van der Waals surface area contributed by atoms with Crippen molar-refractivity contribution in [2.75, 3.05) is 0 Å². The maximum Gasteiger partial charge on any atom is -0.0276 e. The summed E-state index contributed by atoms with van der Waals surface area (Å²) in [6.45, 7) is 6.82. The first-order chi connectivity index (χ1) is 8.15. The molecule has 1 aliphatic carbocycles. The highest BCUT2D eigenvalue weighted by molar-refractivity contribution is 5.29. The van der Waals surface area contributed by atoms with Gasteiger partial charge in [0.15, 0.2) is 0 Å². The number of benzene rings is 1. The van der Waals surface area contributed by atoms with Crippen molar-refractivity contribution >= 4 is 0 Å². The van der Waals surface area contributed by atoms with Crippen LogP contribution < -0.4 is 0 Å². The summed E-state index contributed by atoms with van der Waals surface area (Å²) in [5, 5.41) is 0. The Bertz CT molecular complexity index is 356. The summed E-state index contributed by atoms with van der Waals surface area (Å²) in [7, 11) is 0. The van der Waals surface area contributed by atoms with E-state index in [0.29, 0.717) is 0 Å². The topological polar surface area (TPSA) is 0 Å². The molecular weight excluding hydrogens is 204 g/mol. The largest absolute Gasteiger partial charge is 0.0625 e. The minimum atomic E-state index is 0.980.